The minimum Gasteiger partial charge on any atom is -0.343 e. The highest BCUT2D eigenvalue weighted by molar-refractivity contribution is 5.91. The van der Waals surface area contributed by atoms with Crippen molar-refractivity contribution in [1.29, 1.82) is 0 Å². The standard InChI is InChI=1S/C16H22N4O/c1-11-9-14(6-5-13(11)10-12(2)17)20-8-7-15(18-20)16(21)19(3)4/h5-9,12H,10,17H2,1-4H3. The van der Waals surface area contributed by atoms with Crippen LogP contribution < -0.4 is 5.73 Å². The normalized spacial score (nSPS) is 12.2. The van der Waals surface area contributed by atoms with E-state index in [9.17, 15) is 4.79 Å². The number of aryl methyl sites for hydroxylation is 1. The molecular weight excluding hydrogens is 264 g/mol. The van der Waals surface area contributed by atoms with E-state index in [0.29, 0.717) is 5.69 Å². The van der Waals surface area contributed by atoms with Crippen molar-refractivity contribution in [2.45, 2.75) is 26.3 Å². The Morgan fingerprint density at radius 1 is 1.38 bits per heavy atom. The molecule has 1 aromatic carbocycles. The van der Waals surface area contributed by atoms with Gasteiger partial charge in [0.05, 0.1) is 5.69 Å². The Morgan fingerprint density at radius 2 is 2.10 bits per heavy atom. The summed E-state index contributed by atoms with van der Waals surface area (Å²) in [4.78, 5) is 13.4. The van der Waals surface area contributed by atoms with Gasteiger partial charge in [0.1, 0.15) is 0 Å². The summed E-state index contributed by atoms with van der Waals surface area (Å²) in [5.74, 6) is -0.0981. The van der Waals surface area contributed by atoms with Gasteiger partial charge in [-0.1, -0.05) is 6.07 Å². The van der Waals surface area contributed by atoms with Gasteiger partial charge >= 0.3 is 0 Å². The van der Waals surface area contributed by atoms with Crippen molar-refractivity contribution in [3.05, 3.63) is 47.3 Å². The van der Waals surface area contributed by atoms with Gasteiger partial charge in [-0.05, 0) is 49.6 Å². The van der Waals surface area contributed by atoms with Crippen molar-refractivity contribution in [2.75, 3.05) is 14.1 Å². The molecule has 2 N–H and O–H groups in total. The van der Waals surface area contributed by atoms with E-state index < -0.39 is 0 Å². The number of rotatable bonds is 4. The fraction of sp³-hybridized carbons (Fsp3) is 0.375. The Hall–Kier alpha value is -2.14. The van der Waals surface area contributed by atoms with Gasteiger partial charge in [0, 0.05) is 26.3 Å². The van der Waals surface area contributed by atoms with Gasteiger partial charge in [-0.3, -0.25) is 4.79 Å². The largest absolute Gasteiger partial charge is 0.343 e. The molecule has 0 fully saturated rings. The van der Waals surface area contributed by atoms with Crippen LogP contribution in [0.5, 0.6) is 0 Å². The highest BCUT2D eigenvalue weighted by atomic mass is 16.2. The molecule has 1 heterocycles. The predicted molar refractivity (Wildman–Crippen MR) is 83.7 cm³/mol. The lowest BCUT2D eigenvalue weighted by molar-refractivity contribution is 0.0821. The highest BCUT2D eigenvalue weighted by Crippen LogP contribution is 2.16. The number of benzene rings is 1. The Bertz CT molecular complexity index is 643. The number of hydrogen-bond acceptors (Lipinski definition) is 3. The molecule has 5 nitrogen and oxygen atoms in total. The molecule has 0 saturated carbocycles. The van der Waals surface area contributed by atoms with Crippen LogP contribution in [0.2, 0.25) is 0 Å². The van der Waals surface area contributed by atoms with Crippen molar-refractivity contribution in [3.8, 4) is 5.69 Å². The van der Waals surface area contributed by atoms with Crippen LogP contribution in [0.15, 0.2) is 30.5 Å². The summed E-state index contributed by atoms with van der Waals surface area (Å²) in [6, 6.07) is 8.01. The summed E-state index contributed by atoms with van der Waals surface area (Å²) in [5.41, 5.74) is 9.66. The first-order valence-electron chi connectivity index (χ1n) is 7.01. The maximum atomic E-state index is 11.9. The number of carbonyl (C=O) groups is 1. The third-order valence-corrected chi connectivity index (χ3v) is 3.35. The monoisotopic (exact) mass is 286 g/mol. The number of hydrogen-bond donors (Lipinski definition) is 1. The molecule has 5 heteroatoms. The van der Waals surface area contributed by atoms with Gasteiger partial charge in [-0.2, -0.15) is 5.10 Å². The zero-order chi connectivity index (χ0) is 15.6. The molecule has 1 aromatic heterocycles. The van der Waals surface area contributed by atoms with E-state index in [1.807, 2.05) is 13.0 Å². The molecule has 1 unspecified atom stereocenters. The average molecular weight is 286 g/mol. The second kappa shape index (κ2) is 6.10. The fourth-order valence-electron chi connectivity index (χ4n) is 2.21. The van der Waals surface area contributed by atoms with Crippen molar-refractivity contribution < 1.29 is 4.79 Å². The summed E-state index contributed by atoms with van der Waals surface area (Å²) in [6.45, 7) is 4.07. The van der Waals surface area contributed by atoms with Crippen molar-refractivity contribution >= 4 is 5.91 Å². The number of nitrogens with two attached hydrogens (primary N) is 1. The van der Waals surface area contributed by atoms with Gasteiger partial charge in [-0.25, -0.2) is 4.68 Å². The molecule has 0 bridgehead atoms. The summed E-state index contributed by atoms with van der Waals surface area (Å²) < 4.78 is 1.72. The molecular formula is C16H22N4O. The molecule has 112 valence electrons. The molecule has 0 aliphatic rings. The molecule has 0 aliphatic heterocycles. The van der Waals surface area contributed by atoms with E-state index in [-0.39, 0.29) is 11.9 Å². The lowest BCUT2D eigenvalue weighted by Crippen LogP contribution is -2.22. The minimum atomic E-state index is -0.0981. The van der Waals surface area contributed by atoms with Gasteiger partial charge < -0.3 is 10.6 Å². The van der Waals surface area contributed by atoms with Crippen LogP contribution >= 0.6 is 0 Å². The van der Waals surface area contributed by atoms with E-state index in [1.54, 1.807) is 31.0 Å². The van der Waals surface area contributed by atoms with Crippen LogP contribution in [0, 0.1) is 6.92 Å². The van der Waals surface area contributed by atoms with Crippen LogP contribution in [-0.2, 0) is 6.42 Å². The first kappa shape index (κ1) is 15.3. The topological polar surface area (TPSA) is 64.2 Å². The summed E-state index contributed by atoms with van der Waals surface area (Å²) in [7, 11) is 3.43. The van der Waals surface area contributed by atoms with E-state index in [4.69, 9.17) is 5.73 Å². The molecule has 0 saturated heterocycles. The second-order valence-electron chi connectivity index (χ2n) is 5.64. The first-order chi connectivity index (χ1) is 9.88. The number of amides is 1. The molecule has 1 amide bonds. The van der Waals surface area contributed by atoms with Crippen molar-refractivity contribution in [2.24, 2.45) is 5.73 Å². The average Bonchev–Trinajstić information content (AvgIpc) is 2.89. The zero-order valence-corrected chi connectivity index (χ0v) is 13.0. The fourth-order valence-corrected chi connectivity index (χ4v) is 2.21. The van der Waals surface area contributed by atoms with E-state index in [2.05, 4.69) is 24.2 Å². The van der Waals surface area contributed by atoms with Gasteiger partial charge in [-0.15, -0.1) is 0 Å². The van der Waals surface area contributed by atoms with Crippen LogP contribution in [0.3, 0.4) is 0 Å². The van der Waals surface area contributed by atoms with E-state index in [1.165, 1.54) is 16.0 Å². The smallest absolute Gasteiger partial charge is 0.273 e. The lowest BCUT2D eigenvalue weighted by Gasteiger charge is -2.11. The molecule has 2 aromatic rings. The predicted octanol–water partition coefficient (Wildman–Crippen LogP) is 1.77. The Kier molecular flexibility index (Phi) is 4.43. The number of carbonyl (C=O) groups excluding carboxylic acids is 1. The number of nitrogens with zero attached hydrogens (tertiary/aromatic N) is 3. The quantitative estimate of drug-likeness (QED) is 0.931. The Balaban J connectivity index is 2.27. The minimum absolute atomic E-state index is 0.0981. The van der Waals surface area contributed by atoms with Gasteiger partial charge in [0.2, 0.25) is 0 Å². The maximum Gasteiger partial charge on any atom is 0.273 e. The van der Waals surface area contributed by atoms with Gasteiger partial charge in [0.25, 0.3) is 5.91 Å². The summed E-state index contributed by atoms with van der Waals surface area (Å²) >= 11 is 0. The lowest BCUT2D eigenvalue weighted by atomic mass is 10.0. The number of aromatic nitrogens is 2. The molecule has 0 radical (unpaired) electrons. The second-order valence-corrected chi connectivity index (χ2v) is 5.64. The van der Waals surface area contributed by atoms with Crippen molar-refractivity contribution in [3.63, 3.8) is 0 Å². The van der Waals surface area contributed by atoms with Crippen LogP contribution in [0.25, 0.3) is 5.69 Å². The first-order valence-corrected chi connectivity index (χ1v) is 7.01. The molecule has 21 heavy (non-hydrogen) atoms. The van der Waals surface area contributed by atoms with Crippen LogP contribution in [-0.4, -0.2) is 40.7 Å². The van der Waals surface area contributed by atoms with Crippen LogP contribution in [0.1, 0.15) is 28.5 Å². The summed E-state index contributed by atoms with van der Waals surface area (Å²) in [5, 5.41) is 4.33. The van der Waals surface area contributed by atoms with Crippen molar-refractivity contribution in [1.82, 2.24) is 14.7 Å². The molecule has 1 atom stereocenters. The summed E-state index contributed by atoms with van der Waals surface area (Å²) in [6.07, 6.45) is 2.66. The Morgan fingerprint density at radius 3 is 2.67 bits per heavy atom. The third kappa shape index (κ3) is 3.49. The molecule has 2 rings (SSSR count). The van der Waals surface area contributed by atoms with E-state index >= 15 is 0 Å². The third-order valence-electron chi connectivity index (χ3n) is 3.35. The SMILES string of the molecule is Cc1cc(-n2ccc(C(=O)N(C)C)n2)ccc1CC(C)N. The van der Waals surface area contributed by atoms with E-state index in [0.717, 1.165) is 12.1 Å². The Labute approximate surface area is 125 Å². The maximum absolute atomic E-state index is 11.9. The molecule has 0 aliphatic carbocycles. The van der Waals surface area contributed by atoms with Gasteiger partial charge in [0.15, 0.2) is 5.69 Å². The van der Waals surface area contributed by atoms with Crippen LogP contribution in [0.4, 0.5) is 0 Å². The zero-order valence-electron chi connectivity index (χ0n) is 13.0. The highest BCUT2D eigenvalue weighted by Gasteiger charge is 2.12. The molecule has 0 spiro atoms.